The molecule has 0 aliphatic carbocycles. The molecule has 1 N–H and O–H groups in total. The fourth-order valence-electron chi connectivity index (χ4n) is 2.35. The van der Waals surface area contributed by atoms with E-state index in [1.54, 1.807) is 6.07 Å². The standard InChI is InChI=1S/C17H29FN2O/c1-5-11-19-14(4)17-15(18)9-8-10-16(17)21-13-12-20(6-2)7-3/h8-10,14,19H,5-7,11-13H2,1-4H3. The van der Waals surface area contributed by atoms with Crippen molar-refractivity contribution in [1.29, 1.82) is 0 Å². The smallest absolute Gasteiger partial charge is 0.131 e. The van der Waals surface area contributed by atoms with E-state index in [9.17, 15) is 4.39 Å². The van der Waals surface area contributed by atoms with Crippen molar-refractivity contribution in [1.82, 2.24) is 10.2 Å². The molecule has 0 bridgehead atoms. The van der Waals surface area contributed by atoms with Crippen LogP contribution in [0.3, 0.4) is 0 Å². The second-order valence-corrected chi connectivity index (χ2v) is 5.20. The average molecular weight is 296 g/mol. The Morgan fingerprint density at radius 3 is 2.57 bits per heavy atom. The molecule has 4 heteroatoms. The van der Waals surface area contributed by atoms with Crippen molar-refractivity contribution in [3.8, 4) is 5.75 Å². The number of ether oxygens (including phenoxy) is 1. The van der Waals surface area contributed by atoms with Gasteiger partial charge in [-0.15, -0.1) is 0 Å². The van der Waals surface area contributed by atoms with E-state index in [0.717, 1.165) is 32.6 Å². The van der Waals surface area contributed by atoms with Gasteiger partial charge >= 0.3 is 0 Å². The maximum atomic E-state index is 14.1. The van der Waals surface area contributed by atoms with Gasteiger partial charge in [0.25, 0.3) is 0 Å². The highest BCUT2D eigenvalue weighted by molar-refractivity contribution is 5.37. The number of nitrogens with zero attached hydrogens (tertiary/aromatic N) is 1. The van der Waals surface area contributed by atoms with Crippen LogP contribution in [0.15, 0.2) is 18.2 Å². The second-order valence-electron chi connectivity index (χ2n) is 5.20. The van der Waals surface area contributed by atoms with Gasteiger partial charge in [-0.3, -0.25) is 0 Å². The number of likely N-dealkylation sites (N-methyl/N-ethyl adjacent to an activating group) is 1. The van der Waals surface area contributed by atoms with Gasteiger partial charge in [0.15, 0.2) is 0 Å². The predicted molar refractivity (Wildman–Crippen MR) is 86.4 cm³/mol. The Morgan fingerprint density at radius 1 is 1.24 bits per heavy atom. The number of halogens is 1. The van der Waals surface area contributed by atoms with Crippen LogP contribution in [0.5, 0.6) is 5.75 Å². The SMILES string of the molecule is CCCNC(C)c1c(F)cccc1OCCN(CC)CC. The first-order valence-electron chi connectivity index (χ1n) is 8.00. The van der Waals surface area contributed by atoms with Crippen LogP contribution in [0.2, 0.25) is 0 Å². The van der Waals surface area contributed by atoms with Gasteiger partial charge < -0.3 is 15.0 Å². The molecular formula is C17H29FN2O. The van der Waals surface area contributed by atoms with Gasteiger partial charge in [-0.25, -0.2) is 4.39 Å². The minimum atomic E-state index is -0.202. The van der Waals surface area contributed by atoms with E-state index >= 15 is 0 Å². The van der Waals surface area contributed by atoms with Gasteiger partial charge in [-0.05, 0) is 45.1 Å². The zero-order valence-electron chi connectivity index (χ0n) is 13.8. The highest BCUT2D eigenvalue weighted by atomic mass is 19.1. The van der Waals surface area contributed by atoms with Crippen LogP contribution in [0.4, 0.5) is 4.39 Å². The summed E-state index contributed by atoms with van der Waals surface area (Å²) >= 11 is 0. The minimum absolute atomic E-state index is 0.0467. The maximum absolute atomic E-state index is 14.1. The van der Waals surface area contributed by atoms with Crippen molar-refractivity contribution in [3.63, 3.8) is 0 Å². The number of hydrogen-bond donors (Lipinski definition) is 1. The van der Waals surface area contributed by atoms with Crippen LogP contribution >= 0.6 is 0 Å². The molecular weight excluding hydrogens is 267 g/mol. The Hall–Kier alpha value is -1.13. The van der Waals surface area contributed by atoms with Crippen molar-refractivity contribution in [3.05, 3.63) is 29.6 Å². The van der Waals surface area contributed by atoms with E-state index < -0.39 is 0 Å². The molecule has 120 valence electrons. The number of rotatable bonds is 10. The molecule has 21 heavy (non-hydrogen) atoms. The summed E-state index contributed by atoms with van der Waals surface area (Å²) in [5.41, 5.74) is 0.630. The lowest BCUT2D eigenvalue weighted by Gasteiger charge is -2.21. The monoisotopic (exact) mass is 296 g/mol. The van der Waals surface area contributed by atoms with Gasteiger partial charge in [0.05, 0.1) is 0 Å². The molecule has 1 atom stereocenters. The third-order valence-corrected chi connectivity index (χ3v) is 3.71. The van der Waals surface area contributed by atoms with Crippen molar-refractivity contribution in [2.24, 2.45) is 0 Å². The summed E-state index contributed by atoms with van der Waals surface area (Å²) in [6, 6.07) is 5.01. The summed E-state index contributed by atoms with van der Waals surface area (Å²) in [4.78, 5) is 2.29. The lowest BCUT2D eigenvalue weighted by molar-refractivity contribution is 0.220. The molecule has 0 radical (unpaired) electrons. The number of nitrogens with one attached hydrogen (secondary N) is 1. The third-order valence-electron chi connectivity index (χ3n) is 3.71. The topological polar surface area (TPSA) is 24.5 Å². The zero-order valence-corrected chi connectivity index (χ0v) is 13.8. The summed E-state index contributed by atoms with van der Waals surface area (Å²) in [5.74, 6) is 0.449. The fourth-order valence-corrected chi connectivity index (χ4v) is 2.35. The molecule has 0 saturated heterocycles. The molecule has 0 amide bonds. The summed E-state index contributed by atoms with van der Waals surface area (Å²) < 4.78 is 19.9. The Labute approximate surface area is 128 Å². The first-order chi connectivity index (χ1) is 10.1. The molecule has 0 heterocycles. The average Bonchev–Trinajstić information content (AvgIpc) is 2.49. The minimum Gasteiger partial charge on any atom is -0.492 e. The molecule has 0 aromatic heterocycles. The van der Waals surface area contributed by atoms with E-state index in [2.05, 4.69) is 31.0 Å². The summed E-state index contributed by atoms with van der Waals surface area (Å²) in [6.45, 7) is 12.7. The molecule has 1 unspecified atom stereocenters. The molecule has 0 fully saturated rings. The van der Waals surface area contributed by atoms with Crippen molar-refractivity contribution >= 4 is 0 Å². The highest BCUT2D eigenvalue weighted by Gasteiger charge is 2.16. The Balaban J connectivity index is 2.70. The predicted octanol–water partition coefficient (Wildman–Crippen LogP) is 3.61. The first kappa shape index (κ1) is 17.9. The summed E-state index contributed by atoms with van der Waals surface area (Å²) in [7, 11) is 0. The normalized spacial score (nSPS) is 12.7. The zero-order chi connectivity index (χ0) is 15.7. The van der Waals surface area contributed by atoms with Crippen LogP contribution in [0.25, 0.3) is 0 Å². The first-order valence-corrected chi connectivity index (χ1v) is 8.00. The second kappa shape index (κ2) is 9.74. The van der Waals surface area contributed by atoms with E-state index in [1.807, 2.05) is 13.0 Å². The highest BCUT2D eigenvalue weighted by Crippen LogP contribution is 2.27. The Kier molecular flexibility index (Phi) is 8.31. The lowest BCUT2D eigenvalue weighted by atomic mass is 10.1. The Bertz CT molecular complexity index is 408. The Morgan fingerprint density at radius 2 is 1.95 bits per heavy atom. The molecule has 0 spiro atoms. The maximum Gasteiger partial charge on any atom is 0.131 e. The molecule has 3 nitrogen and oxygen atoms in total. The van der Waals surface area contributed by atoms with Gasteiger partial charge in [-0.2, -0.15) is 0 Å². The van der Waals surface area contributed by atoms with Gasteiger partial charge in [0.1, 0.15) is 18.2 Å². The quantitative estimate of drug-likeness (QED) is 0.714. The van der Waals surface area contributed by atoms with Gasteiger partial charge in [0, 0.05) is 18.2 Å². The van der Waals surface area contributed by atoms with Gasteiger partial charge in [0.2, 0.25) is 0 Å². The van der Waals surface area contributed by atoms with Crippen molar-refractivity contribution in [2.45, 2.75) is 40.2 Å². The molecule has 1 rings (SSSR count). The van der Waals surface area contributed by atoms with E-state index in [1.165, 1.54) is 6.07 Å². The van der Waals surface area contributed by atoms with Crippen LogP contribution in [0, 0.1) is 5.82 Å². The molecule has 0 aliphatic rings. The molecule has 0 saturated carbocycles. The van der Waals surface area contributed by atoms with Gasteiger partial charge in [-0.1, -0.05) is 26.8 Å². The van der Waals surface area contributed by atoms with Crippen molar-refractivity contribution < 1.29 is 9.13 Å². The van der Waals surface area contributed by atoms with E-state index in [-0.39, 0.29) is 11.9 Å². The fraction of sp³-hybridized carbons (Fsp3) is 0.647. The largest absolute Gasteiger partial charge is 0.492 e. The van der Waals surface area contributed by atoms with Crippen LogP contribution in [-0.4, -0.2) is 37.7 Å². The van der Waals surface area contributed by atoms with E-state index in [4.69, 9.17) is 4.74 Å². The molecule has 1 aromatic carbocycles. The van der Waals surface area contributed by atoms with Crippen LogP contribution < -0.4 is 10.1 Å². The summed E-state index contributed by atoms with van der Waals surface area (Å²) in [5, 5.41) is 3.32. The van der Waals surface area contributed by atoms with Crippen LogP contribution in [0.1, 0.15) is 45.7 Å². The lowest BCUT2D eigenvalue weighted by Crippen LogP contribution is -2.28. The number of benzene rings is 1. The van der Waals surface area contributed by atoms with E-state index in [0.29, 0.717) is 17.9 Å². The van der Waals surface area contributed by atoms with Crippen LogP contribution in [-0.2, 0) is 0 Å². The third kappa shape index (κ3) is 5.64. The number of hydrogen-bond acceptors (Lipinski definition) is 3. The molecule has 1 aromatic rings. The molecule has 0 aliphatic heterocycles. The van der Waals surface area contributed by atoms with Crippen molar-refractivity contribution in [2.75, 3.05) is 32.8 Å². The summed E-state index contributed by atoms with van der Waals surface area (Å²) in [6.07, 6.45) is 1.02.